The van der Waals surface area contributed by atoms with E-state index in [9.17, 15) is 0 Å². The second-order valence-corrected chi connectivity index (χ2v) is 14.2. The van der Waals surface area contributed by atoms with Gasteiger partial charge in [-0.2, -0.15) is 0 Å². The molecular weight excluding hydrogens is 679 g/mol. The predicted octanol–water partition coefficient (Wildman–Crippen LogP) is 15.4. The van der Waals surface area contributed by atoms with Gasteiger partial charge in [-0.15, -0.1) is 0 Å². The number of fused-ring (bicyclic) bond motifs is 2. The minimum atomic E-state index is 0.882. The summed E-state index contributed by atoms with van der Waals surface area (Å²) in [4.78, 5) is 2.34. The molecule has 0 saturated heterocycles. The first-order valence-corrected chi connectivity index (χ1v) is 19.1. The number of para-hydroxylation sites is 1. The summed E-state index contributed by atoms with van der Waals surface area (Å²) in [7, 11) is 0. The lowest BCUT2D eigenvalue weighted by molar-refractivity contribution is 0.631. The maximum Gasteiger partial charge on any atom is 0.135 e. The maximum atomic E-state index is 6.16. The Morgan fingerprint density at radius 1 is 0.250 bits per heavy atom. The molecule has 0 aliphatic rings. The highest BCUT2D eigenvalue weighted by molar-refractivity contribution is 5.90. The Kier molecular flexibility index (Phi) is 8.55. The molecule has 10 rings (SSSR count). The summed E-state index contributed by atoms with van der Waals surface area (Å²) in [6, 6.07) is 80.1. The molecule has 0 saturated carbocycles. The van der Waals surface area contributed by atoms with Gasteiger partial charge in [0, 0.05) is 28.0 Å². The second-order valence-electron chi connectivity index (χ2n) is 14.2. The summed E-state index contributed by atoms with van der Waals surface area (Å²) in [5, 5.41) is 3.55. The van der Waals surface area contributed by atoms with Crippen molar-refractivity contribution in [2.24, 2.45) is 0 Å². The van der Waals surface area contributed by atoms with E-state index in [0.717, 1.165) is 44.9 Å². The van der Waals surface area contributed by atoms with Crippen LogP contribution < -0.4 is 4.90 Å². The van der Waals surface area contributed by atoms with Crippen LogP contribution >= 0.6 is 0 Å². The lowest BCUT2D eigenvalue weighted by Crippen LogP contribution is -2.09. The maximum absolute atomic E-state index is 6.16. The minimum absolute atomic E-state index is 0.882. The number of hydrogen-bond donors (Lipinski definition) is 0. The van der Waals surface area contributed by atoms with Crippen molar-refractivity contribution in [2.45, 2.75) is 0 Å². The van der Waals surface area contributed by atoms with Crippen molar-refractivity contribution in [1.82, 2.24) is 0 Å². The van der Waals surface area contributed by atoms with Crippen molar-refractivity contribution in [3.63, 3.8) is 0 Å². The van der Waals surface area contributed by atoms with E-state index in [2.05, 4.69) is 211 Å². The first-order valence-electron chi connectivity index (χ1n) is 19.1. The molecule has 0 atom stereocenters. The molecule has 0 fully saturated rings. The molecule has 9 aromatic carbocycles. The lowest BCUT2D eigenvalue weighted by Gasteiger charge is -2.26. The zero-order valence-electron chi connectivity index (χ0n) is 30.7. The van der Waals surface area contributed by atoms with Gasteiger partial charge in [-0.1, -0.05) is 170 Å². The van der Waals surface area contributed by atoms with E-state index in [1.54, 1.807) is 0 Å². The molecule has 56 heavy (non-hydrogen) atoms. The standard InChI is InChI=1S/C54H37NO/c1-2-9-38(10-3-1)40-17-19-41(20-18-40)43-25-30-50(31-26-43)55(52-34-29-39-11-4-5-12-47(39)36-52)51-32-27-44(28-33-51)42-21-23-45(24-22-42)46-14-8-15-48(35-46)54-37-49-13-6-7-16-53(49)56-54/h1-37H. The van der Waals surface area contributed by atoms with E-state index in [-0.39, 0.29) is 0 Å². The van der Waals surface area contributed by atoms with E-state index in [4.69, 9.17) is 4.42 Å². The molecule has 0 radical (unpaired) electrons. The Morgan fingerprint density at radius 2 is 0.679 bits per heavy atom. The van der Waals surface area contributed by atoms with Crippen LogP contribution in [0.1, 0.15) is 0 Å². The Bertz CT molecular complexity index is 2890. The number of benzene rings is 9. The largest absolute Gasteiger partial charge is 0.456 e. The van der Waals surface area contributed by atoms with E-state index in [0.29, 0.717) is 0 Å². The zero-order chi connectivity index (χ0) is 37.3. The Morgan fingerprint density at radius 3 is 1.27 bits per heavy atom. The van der Waals surface area contributed by atoms with Crippen LogP contribution in [-0.2, 0) is 0 Å². The second kappa shape index (κ2) is 14.4. The third-order valence-electron chi connectivity index (χ3n) is 10.7. The van der Waals surface area contributed by atoms with Crippen molar-refractivity contribution in [3.05, 3.63) is 224 Å². The minimum Gasteiger partial charge on any atom is -0.456 e. The summed E-state index contributed by atoms with van der Waals surface area (Å²) < 4.78 is 6.16. The average Bonchev–Trinajstić information content (AvgIpc) is 3.72. The molecule has 264 valence electrons. The molecule has 0 amide bonds. The van der Waals surface area contributed by atoms with Crippen molar-refractivity contribution in [1.29, 1.82) is 0 Å². The van der Waals surface area contributed by atoms with Crippen LogP contribution in [0, 0.1) is 0 Å². The molecule has 0 aliphatic carbocycles. The molecule has 1 heterocycles. The van der Waals surface area contributed by atoms with Gasteiger partial charge in [0.15, 0.2) is 0 Å². The summed E-state index contributed by atoms with van der Waals surface area (Å²) in [6.45, 7) is 0. The van der Waals surface area contributed by atoms with E-state index < -0.39 is 0 Å². The van der Waals surface area contributed by atoms with Crippen LogP contribution in [0.25, 0.3) is 77.6 Å². The first kappa shape index (κ1) is 33.2. The van der Waals surface area contributed by atoms with Crippen LogP contribution in [0.5, 0.6) is 0 Å². The normalized spacial score (nSPS) is 11.2. The topological polar surface area (TPSA) is 16.4 Å². The number of rotatable bonds is 8. The molecule has 1 aromatic heterocycles. The van der Waals surface area contributed by atoms with Gasteiger partial charge in [0.05, 0.1) is 0 Å². The summed E-state index contributed by atoms with van der Waals surface area (Å²) >= 11 is 0. The van der Waals surface area contributed by atoms with Crippen molar-refractivity contribution < 1.29 is 4.42 Å². The summed E-state index contributed by atoms with van der Waals surface area (Å²) in [5.74, 6) is 0.882. The quantitative estimate of drug-likeness (QED) is 0.156. The third kappa shape index (κ3) is 6.55. The Balaban J connectivity index is 0.932. The van der Waals surface area contributed by atoms with Gasteiger partial charge in [-0.05, 0) is 110 Å². The first-order chi connectivity index (χ1) is 27.7. The fourth-order valence-electron chi connectivity index (χ4n) is 7.69. The monoisotopic (exact) mass is 715 g/mol. The van der Waals surface area contributed by atoms with Crippen molar-refractivity contribution >= 4 is 38.8 Å². The predicted molar refractivity (Wildman–Crippen MR) is 236 cm³/mol. The molecule has 0 spiro atoms. The van der Waals surface area contributed by atoms with E-state index >= 15 is 0 Å². The SMILES string of the molecule is c1ccc(-c2ccc(-c3ccc(N(c4ccc(-c5ccc(-c6cccc(-c7cc8ccccc8o7)c6)cc5)cc4)c4ccc5ccccc5c4)cc3)cc2)cc1. The Hall–Kier alpha value is -7.42. The number of hydrogen-bond acceptors (Lipinski definition) is 2. The fraction of sp³-hybridized carbons (Fsp3) is 0. The molecule has 0 unspecified atom stereocenters. The van der Waals surface area contributed by atoms with Gasteiger partial charge in [0.2, 0.25) is 0 Å². The van der Waals surface area contributed by atoms with E-state index in [1.807, 2.05) is 18.2 Å². The third-order valence-corrected chi connectivity index (χ3v) is 10.7. The number of furan rings is 1. The molecule has 0 N–H and O–H groups in total. The van der Waals surface area contributed by atoms with Gasteiger partial charge in [-0.25, -0.2) is 0 Å². The van der Waals surface area contributed by atoms with Crippen LogP contribution in [0.15, 0.2) is 229 Å². The van der Waals surface area contributed by atoms with Crippen LogP contribution in [-0.4, -0.2) is 0 Å². The number of anilines is 3. The lowest BCUT2D eigenvalue weighted by atomic mass is 9.98. The van der Waals surface area contributed by atoms with Crippen LogP contribution in [0.3, 0.4) is 0 Å². The molecule has 10 aromatic rings. The van der Waals surface area contributed by atoms with Gasteiger partial charge in [0.1, 0.15) is 11.3 Å². The molecule has 0 aliphatic heterocycles. The zero-order valence-corrected chi connectivity index (χ0v) is 30.7. The van der Waals surface area contributed by atoms with Crippen molar-refractivity contribution in [2.75, 3.05) is 4.90 Å². The van der Waals surface area contributed by atoms with Gasteiger partial charge in [0.25, 0.3) is 0 Å². The highest BCUT2D eigenvalue weighted by Gasteiger charge is 2.15. The Labute approximate surface area is 327 Å². The molecule has 2 heteroatoms. The molecular formula is C54H37NO. The number of nitrogens with zero attached hydrogens (tertiary/aromatic N) is 1. The van der Waals surface area contributed by atoms with Crippen molar-refractivity contribution in [3.8, 4) is 55.8 Å². The smallest absolute Gasteiger partial charge is 0.135 e. The van der Waals surface area contributed by atoms with Gasteiger partial charge >= 0.3 is 0 Å². The molecule has 2 nitrogen and oxygen atoms in total. The summed E-state index contributed by atoms with van der Waals surface area (Å²) in [6.07, 6.45) is 0. The van der Waals surface area contributed by atoms with E-state index in [1.165, 1.54) is 49.7 Å². The van der Waals surface area contributed by atoms with Gasteiger partial charge < -0.3 is 9.32 Å². The molecule has 0 bridgehead atoms. The highest BCUT2D eigenvalue weighted by Crippen LogP contribution is 2.39. The average molecular weight is 716 g/mol. The van der Waals surface area contributed by atoms with Gasteiger partial charge in [-0.3, -0.25) is 0 Å². The fourth-order valence-corrected chi connectivity index (χ4v) is 7.69. The van der Waals surface area contributed by atoms with Crippen LogP contribution in [0.2, 0.25) is 0 Å². The summed E-state index contributed by atoms with van der Waals surface area (Å²) in [5.41, 5.74) is 14.8. The van der Waals surface area contributed by atoms with Crippen LogP contribution in [0.4, 0.5) is 17.1 Å². The highest BCUT2D eigenvalue weighted by atomic mass is 16.3.